The van der Waals surface area contributed by atoms with Gasteiger partial charge in [0.1, 0.15) is 0 Å². The molecule has 0 atom stereocenters. The number of nitro groups is 1. The van der Waals surface area contributed by atoms with Crippen molar-refractivity contribution in [2.24, 2.45) is 0 Å². The molecule has 70 valence electrons. The lowest BCUT2D eigenvalue weighted by Gasteiger charge is -2.04. The maximum absolute atomic E-state index is 10.5. The van der Waals surface area contributed by atoms with Crippen LogP contribution in [0.5, 0.6) is 11.5 Å². The number of nitro benzene ring substituents is 1. The zero-order valence-electron chi connectivity index (χ0n) is 6.65. The minimum absolute atomic E-state index is 0.0185. The van der Waals surface area contributed by atoms with Gasteiger partial charge in [0.2, 0.25) is 5.75 Å². The van der Waals surface area contributed by atoms with E-state index in [0.717, 1.165) is 0 Å². The molecule has 0 heterocycles. The monoisotopic (exact) mass is 247 g/mol. The summed E-state index contributed by atoms with van der Waals surface area (Å²) in [6.45, 7) is 0. The van der Waals surface area contributed by atoms with E-state index in [0.29, 0.717) is 4.47 Å². The average molecular weight is 248 g/mol. The van der Waals surface area contributed by atoms with Crippen molar-refractivity contribution < 1.29 is 14.8 Å². The van der Waals surface area contributed by atoms with Gasteiger partial charge in [0.15, 0.2) is 5.75 Å². The number of rotatable bonds is 2. The largest absolute Gasteiger partial charge is 0.502 e. The van der Waals surface area contributed by atoms with E-state index in [1.165, 1.54) is 19.2 Å². The summed E-state index contributed by atoms with van der Waals surface area (Å²) in [5, 5.41) is 19.7. The minimum atomic E-state index is -0.696. The molecule has 0 aromatic heterocycles. The lowest BCUT2D eigenvalue weighted by Crippen LogP contribution is -1.94. The van der Waals surface area contributed by atoms with Crippen LogP contribution in [0.2, 0.25) is 0 Å². The Labute approximate surface area is 82.2 Å². The number of halogens is 1. The van der Waals surface area contributed by atoms with Crippen molar-refractivity contribution in [3.8, 4) is 11.5 Å². The Hall–Kier alpha value is -1.30. The molecule has 1 N–H and O–H groups in total. The molecule has 0 aliphatic rings. The van der Waals surface area contributed by atoms with Crippen LogP contribution in [-0.2, 0) is 0 Å². The molecule has 0 bridgehead atoms. The fraction of sp³-hybridized carbons (Fsp3) is 0.143. The molecule has 13 heavy (non-hydrogen) atoms. The third-order valence-corrected chi connectivity index (χ3v) is 2.07. The van der Waals surface area contributed by atoms with Gasteiger partial charge < -0.3 is 9.84 Å². The molecule has 0 aliphatic carbocycles. The Morgan fingerprint density at radius 3 is 2.62 bits per heavy atom. The number of methoxy groups -OCH3 is 1. The topological polar surface area (TPSA) is 72.6 Å². The molecule has 0 saturated carbocycles. The fourth-order valence-electron chi connectivity index (χ4n) is 0.907. The lowest BCUT2D eigenvalue weighted by atomic mass is 10.3. The summed E-state index contributed by atoms with van der Waals surface area (Å²) >= 11 is 3.07. The van der Waals surface area contributed by atoms with Crippen LogP contribution in [0.4, 0.5) is 5.69 Å². The SMILES string of the molecule is COc1c(Br)ccc(O)c1[N+](=O)[O-]. The van der Waals surface area contributed by atoms with E-state index in [1.54, 1.807) is 0 Å². The summed E-state index contributed by atoms with van der Waals surface area (Å²) in [5.41, 5.74) is -0.433. The number of hydrogen-bond acceptors (Lipinski definition) is 4. The number of nitrogens with zero attached hydrogens (tertiary/aromatic N) is 1. The second-order valence-corrected chi connectivity index (χ2v) is 3.06. The van der Waals surface area contributed by atoms with Gasteiger partial charge in [-0.2, -0.15) is 0 Å². The van der Waals surface area contributed by atoms with Crippen molar-refractivity contribution in [2.45, 2.75) is 0 Å². The van der Waals surface area contributed by atoms with E-state index in [1.807, 2.05) is 0 Å². The second kappa shape index (κ2) is 3.61. The maximum atomic E-state index is 10.5. The highest BCUT2D eigenvalue weighted by Gasteiger charge is 2.22. The molecule has 0 aliphatic heterocycles. The number of benzene rings is 1. The van der Waals surface area contributed by atoms with E-state index in [9.17, 15) is 15.2 Å². The number of hydrogen-bond donors (Lipinski definition) is 1. The van der Waals surface area contributed by atoms with Gasteiger partial charge in [0, 0.05) is 0 Å². The molecule has 5 nitrogen and oxygen atoms in total. The van der Waals surface area contributed by atoms with Crippen molar-refractivity contribution in [1.82, 2.24) is 0 Å². The average Bonchev–Trinajstić information content (AvgIpc) is 2.07. The fourth-order valence-corrected chi connectivity index (χ4v) is 1.39. The number of phenols is 1. The number of ether oxygens (including phenoxy) is 1. The Morgan fingerprint density at radius 2 is 2.23 bits per heavy atom. The second-order valence-electron chi connectivity index (χ2n) is 2.21. The van der Waals surface area contributed by atoms with Gasteiger partial charge in [-0.05, 0) is 28.1 Å². The lowest BCUT2D eigenvalue weighted by molar-refractivity contribution is -0.386. The van der Waals surface area contributed by atoms with Crippen molar-refractivity contribution in [3.63, 3.8) is 0 Å². The van der Waals surface area contributed by atoms with Crippen molar-refractivity contribution >= 4 is 21.6 Å². The molecule has 1 rings (SSSR count). The van der Waals surface area contributed by atoms with Crippen LogP contribution >= 0.6 is 15.9 Å². The first-order chi connectivity index (χ1) is 6.07. The number of aromatic hydroxyl groups is 1. The Morgan fingerprint density at radius 1 is 1.62 bits per heavy atom. The van der Waals surface area contributed by atoms with Crippen LogP contribution in [0.25, 0.3) is 0 Å². The highest BCUT2D eigenvalue weighted by atomic mass is 79.9. The molecular formula is C7H6BrNO4. The van der Waals surface area contributed by atoms with E-state index in [4.69, 9.17) is 4.74 Å². The summed E-state index contributed by atoms with van der Waals surface area (Å²) in [4.78, 5) is 9.80. The Bertz CT molecular complexity index is 353. The Balaban J connectivity index is 3.43. The van der Waals surface area contributed by atoms with Crippen LogP contribution in [0.15, 0.2) is 16.6 Å². The molecule has 0 saturated heterocycles. The molecule has 1 aromatic rings. The van der Waals surface area contributed by atoms with Gasteiger partial charge in [-0.25, -0.2) is 0 Å². The zero-order valence-corrected chi connectivity index (χ0v) is 8.24. The van der Waals surface area contributed by atoms with E-state index >= 15 is 0 Å². The van der Waals surface area contributed by atoms with Crippen LogP contribution in [0, 0.1) is 10.1 Å². The van der Waals surface area contributed by atoms with Crippen molar-refractivity contribution in [2.75, 3.05) is 7.11 Å². The molecule has 1 aromatic carbocycles. The molecule has 0 fully saturated rings. The molecule has 0 amide bonds. The van der Waals surface area contributed by atoms with Crippen molar-refractivity contribution in [3.05, 3.63) is 26.7 Å². The summed E-state index contributed by atoms with van der Waals surface area (Å²) in [6.07, 6.45) is 0. The molecule has 0 radical (unpaired) electrons. The summed E-state index contributed by atoms with van der Waals surface area (Å²) in [5.74, 6) is -0.393. The standard InChI is InChI=1S/C7H6BrNO4/c1-13-7-4(8)2-3-5(10)6(7)9(11)12/h2-3,10H,1H3. The third-order valence-electron chi connectivity index (χ3n) is 1.45. The zero-order chi connectivity index (χ0) is 10.0. The first kappa shape index (κ1) is 9.79. The first-order valence-electron chi connectivity index (χ1n) is 3.27. The summed E-state index contributed by atoms with van der Waals surface area (Å²) in [7, 11) is 1.30. The first-order valence-corrected chi connectivity index (χ1v) is 4.07. The predicted octanol–water partition coefficient (Wildman–Crippen LogP) is 2.07. The smallest absolute Gasteiger partial charge is 0.353 e. The van der Waals surface area contributed by atoms with Gasteiger partial charge >= 0.3 is 5.69 Å². The van der Waals surface area contributed by atoms with E-state index in [-0.39, 0.29) is 5.75 Å². The van der Waals surface area contributed by atoms with Gasteiger partial charge in [0.05, 0.1) is 16.5 Å². The van der Waals surface area contributed by atoms with Crippen LogP contribution in [0.1, 0.15) is 0 Å². The quantitative estimate of drug-likeness (QED) is 0.642. The van der Waals surface area contributed by atoms with Gasteiger partial charge in [-0.1, -0.05) is 0 Å². The molecule has 6 heteroatoms. The summed E-state index contributed by atoms with van der Waals surface area (Å²) < 4.78 is 5.20. The van der Waals surface area contributed by atoms with Crippen LogP contribution in [0.3, 0.4) is 0 Å². The van der Waals surface area contributed by atoms with Gasteiger partial charge in [-0.15, -0.1) is 0 Å². The van der Waals surface area contributed by atoms with Gasteiger partial charge in [0.25, 0.3) is 0 Å². The highest BCUT2D eigenvalue weighted by Crippen LogP contribution is 2.40. The van der Waals surface area contributed by atoms with Gasteiger partial charge in [-0.3, -0.25) is 10.1 Å². The molecular weight excluding hydrogens is 242 g/mol. The van der Waals surface area contributed by atoms with E-state index < -0.39 is 16.4 Å². The summed E-state index contributed by atoms with van der Waals surface area (Å²) in [6, 6.07) is 2.70. The maximum Gasteiger partial charge on any atom is 0.353 e. The van der Waals surface area contributed by atoms with Crippen LogP contribution < -0.4 is 4.74 Å². The minimum Gasteiger partial charge on any atom is -0.502 e. The normalized spacial score (nSPS) is 9.69. The predicted molar refractivity (Wildman–Crippen MR) is 49.0 cm³/mol. The highest BCUT2D eigenvalue weighted by molar-refractivity contribution is 9.10. The molecule has 0 unspecified atom stereocenters. The van der Waals surface area contributed by atoms with E-state index in [2.05, 4.69) is 15.9 Å². The Kier molecular flexibility index (Phi) is 2.72. The third kappa shape index (κ3) is 1.72. The van der Waals surface area contributed by atoms with Crippen LogP contribution in [-0.4, -0.2) is 17.1 Å². The number of phenolic OH excluding ortho intramolecular Hbond substituents is 1. The molecule has 0 spiro atoms. The van der Waals surface area contributed by atoms with Crippen molar-refractivity contribution in [1.29, 1.82) is 0 Å².